The molecule has 23 heavy (non-hydrogen) atoms. The van der Waals surface area contributed by atoms with Gasteiger partial charge in [-0.3, -0.25) is 15.2 Å². The molecule has 0 bridgehead atoms. The van der Waals surface area contributed by atoms with Crippen LogP contribution in [0.4, 0.5) is 4.79 Å². The number of nitrogens with zero attached hydrogens (tertiary/aromatic N) is 2. The zero-order chi connectivity index (χ0) is 17.0. The van der Waals surface area contributed by atoms with Gasteiger partial charge in [-0.15, -0.1) is 5.10 Å². The van der Waals surface area contributed by atoms with Crippen LogP contribution in [0.2, 0.25) is 0 Å². The lowest BCUT2D eigenvalue weighted by Crippen LogP contribution is -2.42. The Labute approximate surface area is 138 Å². The number of nitrogens with two attached hydrogens (primary N) is 1. The van der Waals surface area contributed by atoms with Crippen LogP contribution in [0, 0.1) is 12.8 Å². The van der Waals surface area contributed by atoms with Crippen LogP contribution in [-0.4, -0.2) is 32.4 Å². The van der Waals surface area contributed by atoms with Crippen LogP contribution in [0.15, 0.2) is 29.4 Å². The zero-order valence-corrected chi connectivity index (χ0v) is 14.0. The number of thioether (sulfide) groups is 1. The number of H-pyrrole nitrogens is 1. The third-order valence-electron chi connectivity index (χ3n) is 3.13. The highest BCUT2D eigenvalue weighted by molar-refractivity contribution is 8.00. The fourth-order valence-corrected chi connectivity index (χ4v) is 2.85. The summed E-state index contributed by atoms with van der Waals surface area (Å²) in [6.45, 7) is 5.77. The van der Waals surface area contributed by atoms with Gasteiger partial charge in [0.25, 0.3) is 0 Å². The van der Waals surface area contributed by atoms with Crippen molar-refractivity contribution in [1.82, 2.24) is 20.5 Å². The average molecular weight is 333 g/mol. The Hall–Kier alpha value is -2.35. The van der Waals surface area contributed by atoms with Crippen LogP contribution < -0.4 is 11.1 Å². The van der Waals surface area contributed by atoms with Gasteiger partial charge < -0.3 is 5.73 Å². The summed E-state index contributed by atoms with van der Waals surface area (Å²) in [7, 11) is 0. The van der Waals surface area contributed by atoms with Crippen molar-refractivity contribution in [3.63, 3.8) is 0 Å². The van der Waals surface area contributed by atoms with Gasteiger partial charge in [-0.2, -0.15) is 0 Å². The van der Waals surface area contributed by atoms with E-state index in [9.17, 15) is 9.59 Å². The average Bonchev–Trinajstić information content (AvgIpc) is 2.93. The lowest BCUT2D eigenvalue weighted by Gasteiger charge is -2.16. The number of benzene rings is 1. The second kappa shape index (κ2) is 7.28. The first-order valence-electron chi connectivity index (χ1n) is 7.13. The van der Waals surface area contributed by atoms with E-state index < -0.39 is 17.2 Å². The van der Waals surface area contributed by atoms with E-state index in [0.29, 0.717) is 11.0 Å². The Morgan fingerprint density at radius 3 is 2.48 bits per heavy atom. The maximum Gasteiger partial charge on any atom is 0.318 e. The lowest BCUT2D eigenvalue weighted by molar-refractivity contribution is -0.120. The topological polar surface area (TPSA) is 114 Å². The van der Waals surface area contributed by atoms with Gasteiger partial charge in [0.2, 0.25) is 11.1 Å². The highest BCUT2D eigenvalue weighted by Crippen LogP contribution is 2.27. The van der Waals surface area contributed by atoms with Crippen LogP contribution in [0.1, 0.15) is 19.4 Å². The molecule has 7 nitrogen and oxygen atoms in total. The fourth-order valence-electron chi connectivity index (χ4n) is 1.94. The molecule has 1 aromatic carbocycles. The summed E-state index contributed by atoms with van der Waals surface area (Å²) in [6.07, 6.45) is 0. The molecule has 0 aliphatic heterocycles. The number of nitrogens with one attached hydrogen (secondary N) is 2. The van der Waals surface area contributed by atoms with Crippen molar-refractivity contribution in [2.45, 2.75) is 31.2 Å². The molecule has 8 heteroatoms. The maximum absolute atomic E-state index is 12.0. The van der Waals surface area contributed by atoms with Gasteiger partial charge in [0.15, 0.2) is 5.82 Å². The van der Waals surface area contributed by atoms with Crippen molar-refractivity contribution in [3.05, 3.63) is 29.8 Å². The predicted molar refractivity (Wildman–Crippen MR) is 88.8 cm³/mol. The Morgan fingerprint density at radius 2 is 1.91 bits per heavy atom. The quantitative estimate of drug-likeness (QED) is 0.725. The zero-order valence-electron chi connectivity index (χ0n) is 13.2. The van der Waals surface area contributed by atoms with E-state index in [1.165, 1.54) is 11.8 Å². The number of aromatic nitrogens is 3. The van der Waals surface area contributed by atoms with Gasteiger partial charge in [-0.1, -0.05) is 55.4 Å². The molecule has 0 saturated carbocycles. The molecule has 122 valence electrons. The summed E-state index contributed by atoms with van der Waals surface area (Å²) in [4.78, 5) is 27.3. The van der Waals surface area contributed by atoms with E-state index in [-0.39, 0.29) is 5.92 Å². The summed E-state index contributed by atoms with van der Waals surface area (Å²) < 4.78 is 0. The number of amides is 3. The van der Waals surface area contributed by atoms with Gasteiger partial charge in [-0.25, -0.2) is 9.78 Å². The van der Waals surface area contributed by atoms with Crippen molar-refractivity contribution in [1.29, 1.82) is 0 Å². The van der Waals surface area contributed by atoms with E-state index >= 15 is 0 Å². The monoisotopic (exact) mass is 333 g/mol. The number of aromatic amines is 1. The summed E-state index contributed by atoms with van der Waals surface area (Å²) >= 11 is 1.19. The van der Waals surface area contributed by atoms with E-state index in [4.69, 9.17) is 5.73 Å². The van der Waals surface area contributed by atoms with E-state index in [1.807, 2.05) is 45.0 Å². The highest BCUT2D eigenvalue weighted by atomic mass is 32.2. The summed E-state index contributed by atoms with van der Waals surface area (Å²) in [6, 6.07) is 7.01. The second-order valence-corrected chi connectivity index (χ2v) is 6.58. The second-order valence-electron chi connectivity index (χ2n) is 5.47. The van der Waals surface area contributed by atoms with Gasteiger partial charge >= 0.3 is 6.03 Å². The number of hydrogen-bond acceptors (Lipinski definition) is 5. The number of imide groups is 1. The predicted octanol–water partition coefficient (Wildman–Crippen LogP) is 2.09. The molecule has 2 aromatic rings. The molecule has 0 radical (unpaired) electrons. The summed E-state index contributed by atoms with van der Waals surface area (Å²) in [5.41, 5.74) is 7.07. The van der Waals surface area contributed by atoms with Crippen LogP contribution in [-0.2, 0) is 4.79 Å². The maximum atomic E-state index is 12.0. The van der Waals surface area contributed by atoms with Crippen LogP contribution in [0.5, 0.6) is 0 Å². The Kier molecular flexibility index (Phi) is 5.38. The number of aryl methyl sites for hydroxylation is 1. The number of carbonyl (C=O) groups is 2. The minimum absolute atomic E-state index is 0.0133. The fraction of sp³-hybridized carbons (Fsp3) is 0.333. The number of urea groups is 1. The van der Waals surface area contributed by atoms with Crippen molar-refractivity contribution in [2.75, 3.05) is 0 Å². The number of primary amides is 1. The lowest BCUT2D eigenvalue weighted by atomic mass is 10.1. The first-order chi connectivity index (χ1) is 10.9. The minimum Gasteiger partial charge on any atom is -0.351 e. The van der Waals surface area contributed by atoms with E-state index in [1.54, 1.807) is 0 Å². The van der Waals surface area contributed by atoms with E-state index in [2.05, 4.69) is 20.5 Å². The molecule has 0 aliphatic carbocycles. The van der Waals surface area contributed by atoms with Gasteiger partial charge in [0.05, 0.1) is 5.25 Å². The molecule has 3 amide bonds. The van der Waals surface area contributed by atoms with Gasteiger partial charge in [0, 0.05) is 5.56 Å². The molecule has 0 spiro atoms. The molecule has 0 saturated heterocycles. The van der Waals surface area contributed by atoms with Crippen LogP contribution >= 0.6 is 11.8 Å². The van der Waals surface area contributed by atoms with Gasteiger partial charge in [0.1, 0.15) is 0 Å². The molecule has 1 aromatic heterocycles. The largest absolute Gasteiger partial charge is 0.351 e. The standard InChI is InChI=1S/C15H19N5O2S/c1-8(2)11(13(21)18-14(16)22)23-15-17-12(19-20-15)10-6-4-9(3)5-7-10/h4-8,11H,1-3H3,(H,17,19,20)(H3,16,18,21,22)/t11-/m1/s1. The Morgan fingerprint density at radius 1 is 1.26 bits per heavy atom. The molecule has 0 unspecified atom stereocenters. The minimum atomic E-state index is -0.864. The third-order valence-corrected chi connectivity index (χ3v) is 4.54. The summed E-state index contributed by atoms with van der Waals surface area (Å²) in [5, 5.41) is 9.03. The molecule has 0 aliphatic rings. The molecular formula is C15H19N5O2S. The Balaban J connectivity index is 2.14. The SMILES string of the molecule is Cc1ccc(-c2nc(S[C@@H](C(=O)NC(N)=O)C(C)C)n[nH]2)cc1. The number of carbonyl (C=O) groups excluding carboxylic acids is 2. The first-order valence-corrected chi connectivity index (χ1v) is 8.01. The molecule has 1 heterocycles. The van der Waals surface area contributed by atoms with Crippen molar-refractivity contribution in [2.24, 2.45) is 11.7 Å². The molecule has 1 atom stereocenters. The van der Waals surface area contributed by atoms with Crippen LogP contribution in [0.25, 0.3) is 11.4 Å². The highest BCUT2D eigenvalue weighted by Gasteiger charge is 2.26. The summed E-state index contributed by atoms with van der Waals surface area (Å²) in [5.74, 6) is 0.171. The molecule has 4 N–H and O–H groups in total. The van der Waals surface area contributed by atoms with Crippen molar-refractivity contribution < 1.29 is 9.59 Å². The third kappa shape index (κ3) is 4.56. The molecule has 0 fully saturated rings. The van der Waals surface area contributed by atoms with E-state index in [0.717, 1.165) is 11.1 Å². The molecule has 2 rings (SSSR count). The Bertz CT molecular complexity index is 696. The van der Waals surface area contributed by atoms with Crippen molar-refractivity contribution >= 4 is 23.7 Å². The smallest absolute Gasteiger partial charge is 0.318 e. The normalized spacial score (nSPS) is 12.2. The van der Waals surface area contributed by atoms with Crippen LogP contribution in [0.3, 0.4) is 0 Å². The molecular weight excluding hydrogens is 314 g/mol. The van der Waals surface area contributed by atoms with Gasteiger partial charge in [-0.05, 0) is 12.8 Å². The first kappa shape index (κ1) is 17.0. The van der Waals surface area contributed by atoms with Crippen molar-refractivity contribution in [3.8, 4) is 11.4 Å². The number of hydrogen-bond donors (Lipinski definition) is 3. The number of rotatable bonds is 5.